The monoisotopic (exact) mass is 297 g/mol. The Hall–Kier alpha value is -1.79. The summed E-state index contributed by atoms with van der Waals surface area (Å²) in [5.74, 6) is -0.182. The SMILES string of the molecule is CCN1C(=O)NC2(CCN(C(=O)OC(C)(C)C)CC2)C1=O. The number of amides is 4. The summed E-state index contributed by atoms with van der Waals surface area (Å²) in [5.41, 5.74) is -1.38. The number of likely N-dealkylation sites (tertiary alicyclic amines) is 1. The summed E-state index contributed by atoms with van der Waals surface area (Å²) >= 11 is 0. The lowest BCUT2D eigenvalue weighted by atomic mass is 9.87. The van der Waals surface area contributed by atoms with Crippen molar-refractivity contribution in [3.05, 3.63) is 0 Å². The van der Waals surface area contributed by atoms with Gasteiger partial charge in [-0.1, -0.05) is 0 Å². The number of piperidine rings is 1. The fourth-order valence-electron chi connectivity index (χ4n) is 2.70. The summed E-state index contributed by atoms with van der Waals surface area (Å²) in [4.78, 5) is 38.9. The Labute approximate surface area is 124 Å². The molecule has 21 heavy (non-hydrogen) atoms. The van der Waals surface area contributed by atoms with Gasteiger partial charge in [-0.2, -0.15) is 0 Å². The molecule has 0 aromatic rings. The maximum absolute atomic E-state index is 12.3. The molecule has 0 radical (unpaired) electrons. The lowest BCUT2D eigenvalue weighted by Crippen LogP contribution is -2.56. The van der Waals surface area contributed by atoms with E-state index in [1.807, 2.05) is 20.8 Å². The largest absolute Gasteiger partial charge is 0.444 e. The second-order valence-electron chi connectivity index (χ2n) is 6.53. The molecule has 2 heterocycles. The Bertz CT molecular complexity index is 461. The summed E-state index contributed by atoms with van der Waals surface area (Å²) in [6.45, 7) is 8.38. The average Bonchev–Trinajstić information content (AvgIpc) is 2.59. The highest BCUT2D eigenvalue weighted by Gasteiger charge is 2.52. The molecule has 2 fully saturated rings. The first-order chi connectivity index (χ1) is 9.68. The highest BCUT2D eigenvalue weighted by molar-refractivity contribution is 6.07. The minimum absolute atomic E-state index is 0.182. The number of rotatable bonds is 1. The third-order valence-corrected chi connectivity index (χ3v) is 3.83. The summed E-state index contributed by atoms with van der Waals surface area (Å²) in [5, 5.41) is 2.79. The average molecular weight is 297 g/mol. The van der Waals surface area contributed by atoms with Crippen molar-refractivity contribution in [3.8, 4) is 0 Å². The molecule has 0 aromatic carbocycles. The molecular weight excluding hydrogens is 274 g/mol. The van der Waals surface area contributed by atoms with E-state index in [-0.39, 0.29) is 18.0 Å². The Morgan fingerprint density at radius 3 is 2.29 bits per heavy atom. The van der Waals surface area contributed by atoms with Gasteiger partial charge in [0.2, 0.25) is 0 Å². The van der Waals surface area contributed by atoms with Crippen LogP contribution in [-0.4, -0.2) is 58.6 Å². The Morgan fingerprint density at radius 2 is 1.86 bits per heavy atom. The molecule has 2 aliphatic heterocycles. The van der Waals surface area contributed by atoms with Gasteiger partial charge in [0.05, 0.1) is 0 Å². The minimum Gasteiger partial charge on any atom is -0.444 e. The van der Waals surface area contributed by atoms with Crippen LogP contribution in [0.25, 0.3) is 0 Å². The van der Waals surface area contributed by atoms with Crippen LogP contribution in [0.4, 0.5) is 9.59 Å². The van der Waals surface area contributed by atoms with Gasteiger partial charge in [-0.3, -0.25) is 9.69 Å². The van der Waals surface area contributed by atoms with Crippen LogP contribution in [0.5, 0.6) is 0 Å². The maximum atomic E-state index is 12.3. The van der Waals surface area contributed by atoms with E-state index in [1.165, 1.54) is 4.90 Å². The van der Waals surface area contributed by atoms with E-state index >= 15 is 0 Å². The lowest BCUT2D eigenvalue weighted by Gasteiger charge is -2.37. The molecular formula is C14H23N3O4. The number of nitrogens with one attached hydrogen (secondary N) is 1. The van der Waals surface area contributed by atoms with Gasteiger partial charge in [0.25, 0.3) is 5.91 Å². The molecule has 1 N–H and O–H groups in total. The molecule has 2 saturated heterocycles. The van der Waals surface area contributed by atoms with Crippen molar-refractivity contribution in [2.45, 2.75) is 51.7 Å². The molecule has 1 spiro atoms. The maximum Gasteiger partial charge on any atom is 0.410 e. The Morgan fingerprint density at radius 1 is 1.29 bits per heavy atom. The normalized spacial score (nSPS) is 21.7. The number of likely N-dealkylation sites (N-methyl/N-ethyl adjacent to an activating group) is 1. The number of hydrogen-bond acceptors (Lipinski definition) is 4. The first-order valence-electron chi connectivity index (χ1n) is 7.30. The van der Waals surface area contributed by atoms with Crippen molar-refractivity contribution in [1.29, 1.82) is 0 Å². The van der Waals surface area contributed by atoms with Crippen LogP contribution in [0.15, 0.2) is 0 Å². The van der Waals surface area contributed by atoms with Crippen LogP contribution in [0.3, 0.4) is 0 Å². The van der Waals surface area contributed by atoms with Crippen molar-refractivity contribution in [2.75, 3.05) is 19.6 Å². The van der Waals surface area contributed by atoms with E-state index < -0.39 is 11.1 Å². The Kier molecular flexibility index (Phi) is 3.86. The number of carbonyl (C=O) groups excluding carboxylic acids is 3. The van der Waals surface area contributed by atoms with Gasteiger partial charge >= 0.3 is 12.1 Å². The number of ether oxygens (including phenoxy) is 1. The van der Waals surface area contributed by atoms with Gasteiger partial charge in [-0.15, -0.1) is 0 Å². The van der Waals surface area contributed by atoms with Crippen LogP contribution in [-0.2, 0) is 9.53 Å². The van der Waals surface area contributed by atoms with Crippen LogP contribution < -0.4 is 5.32 Å². The van der Waals surface area contributed by atoms with Gasteiger partial charge in [0, 0.05) is 19.6 Å². The fraction of sp³-hybridized carbons (Fsp3) is 0.786. The van der Waals surface area contributed by atoms with E-state index in [2.05, 4.69) is 5.32 Å². The van der Waals surface area contributed by atoms with E-state index in [9.17, 15) is 14.4 Å². The summed E-state index contributed by atoms with van der Waals surface area (Å²) in [7, 11) is 0. The first kappa shape index (κ1) is 15.6. The predicted octanol–water partition coefficient (Wildman–Crippen LogP) is 1.33. The molecule has 0 aliphatic carbocycles. The highest BCUT2D eigenvalue weighted by atomic mass is 16.6. The van der Waals surface area contributed by atoms with Gasteiger partial charge in [-0.05, 0) is 40.5 Å². The van der Waals surface area contributed by atoms with Crippen molar-refractivity contribution < 1.29 is 19.1 Å². The van der Waals surface area contributed by atoms with E-state index in [1.54, 1.807) is 11.8 Å². The lowest BCUT2D eigenvalue weighted by molar-refractivity contribution is -0.132. The van der Waals surface area contributed by atoms with Crippen LogP contribution in [0.2, 0.25) is 0 Å². The molecule has 0 bridgehead atoms. The van der Waals surface area contributed by atoms with Crippen LogP contribution >= 0.6 is 0 Å². The number of urea groups is 1. The molecule has 7 heteroatoms. The molecule has 4 amide bonds. The number of imide groups is 1. The van der Waals surface area contributed by atoms with Crippen LogP contribution in [0.1, 0.15) is 40.5 Å². The number of carbonyl (C=O) groups is 3. The van der Waals surface area contributed by atoms with Gasteiger partial charge < -0.3 is 15.0 Å². The third-order valence-electron chi connectivity index (χ3n) is 3.83. The second-order valence-corrected chi connectivity index (χ2v) is 6.53. The van der Waals surface area contributed by atoms with Crippen molar-refractivity contribution in [3.63, 3.8) is 0 Å². The molecule has 2 aliphatic rings. The number of hydrogen-bond donors (Lipinski definition) is 1. The van der Waals surface area contributed by atoms with E-state index in [0.29, 0.717) is 32.5 Å². The minimum atomic E-state index is -0.842. The van der Waals surface area contributed by atoms with Crippen molar-refractivity contribution >= 4 is 18.0 Å². The van der Waals surface area contributed by atoms with Crippen molar-refractivity contribution in [1.82, 2.24) is 15.1 Å². The topological polar surface area (TPSA) is 79.0 Å². The zero-order chi connectivity index (χ0) is 15.8. The van der Waals surface area contributed by atoms with E-state index in [4.69, 9.17) is 4.74 Å². The third kappa shape index (κ3) is 2.96. The van der Waals surface area contributed by atoms with Gasteiger partial charge in [0.15, 0.2) is 0 Å². The van der Waals surface area contributed by atoms with E-state index in [0.717, 1.165) is 0 Å². The van der Waals surface area contributed by atoms with Gasteiger partial charge in [0.1, 0.15) is 11.1 Å². The molecule has 0 saturated carbocycles. The molecule has 2 rings (SSSR count). The molecule has 7 nitrogen and oxygen atoms in total. The zero-order valence-electron chi connectivity index (χ0n) is 13.1. The fourth-order valence-corrected chi connectivity index (χ4v) is 2.70. The highest BCUT2D eigenvalue weighted by Crippen LogP contribution is 2.29. The number of nitrogens with zero attached hydrogens (tertiary/aromatic N) is 2. The zero-order valence-corrected chi connectivity index (χ0v) is 13.1. The first-order valence-corrected chi connectivity index (χ1v) is 7.30. The molecule has 118 valence electrons. The predicted molar refractivity (Wildman–Crippen MR) is 75.7 cm³/mol. The molecule has 0 atom stereocenters. The summed E-state index contributed by atoms with van der Waals surface area (Å²) < 4.78 is 5.32. The quantitative estimate of drug-likeness (QED) is 0.741. The summed E-state index contributed by atoms with van der Waals surface area (Å²) in [6, 6.07) is -0.340. The van der Waals surface area contributed by atoms with Crippen LogP contribution in [0, 0.1) is 0 Å². The summed E-state index contributed by atoms with van der Waals surface area (Å²) in [6.07, 6.45) is 0.474. The van der Waals surface area contributed by atoms with Gasteiger partial charge in [-0.25, -0.2) is 9.59 Å². The van der Waals surface area contributed by atoms with Crippen molar-refractivity contribution in [2.24, 2.45) is 0 Å². The smallest absolute Gasteiger partial charge is 0.410 e. The standard InChI is InChI=1S/C14H23N3O4/c1-5-17-10(18)14(15-11(17)19)6-8-16(9-7-14)12(20)21-13(2,3)4/h5-9H2,1-4H3,(H,15,19). The second kappa shape index (κ2) is 5.20. The Balaban J connectivity index is 1.99. The molecule has 0 unspecified atom stereocenters. The molecule has 0 aromatic heterocycles.